The summed E-state index contributed by atoms with van der Waals surface area (Å²) in [6.07, 6.45) is 5.79. The molecule has 0 saturated carbocycles. The number of benzene rings is 2. The van der Waals surface area contributed by atoms with Gasteiger partial charge < -0.3 is 25.8 Å². The maximum atomic E-state index is 14.1. The number of aliphatic hydroxyl groups is 1. The van der Waals surface area contributed by atoms with Crippen molar-refractivity contribution in [2.75, 3.05) is 20.2 Å². The van der Waals surface area contributed by atoms with E-state index in [2.05, 4.69) is 33.3 Å². The Morgan fingerprint density at radius 3 is 1.98 bits per heavy atom. The molecule has 3 aromatic rings. The predicted molar refractivity (Wildman–Crippen MR) is 215 cm³/mol. The number of carbonyl (C=O) groups is 4. The summed E-state index contributed by atoms with van der Waals surface area (Å²) in [6, 6.07) is 17.9. The second-order valence-corrected chi connectivity index (χ2v) is 15.6. The van der Waals surface area contributed by atoms with Crippen LogP contribution < -0.4 is 21.4 Å². The van der Waals surface area contributed by atoms with Crippen molar-refractivity contribution in [3.8, 4) is 11.1 Å². The molecule has 0 aliphatic heterocycles. The van der Waals surface area contributed by atoms with Gasteiger partial charge in [-0.25, -0.2) is 9.80 Å². The number of amides is 4. The highest BCUT2D eigenvalue weighted by Crippen LogP contribution is 2.24. The van der Waals surface area contributed by atoms with Gasteiger partial charge in [0.1, 0.15) is 17.7 Å². The zero-order chi connectivity index (χ0) is 40.6. The molecule has 0 bridgehead atoms. The van der Waals surface area contributed by atoms with Crippen molar-refractivity contribution in [1.82, 2.24) is 31.4 Å². The quantitative estimate of drug-likeness (QED) is 0.0914. The van der Waals surface area contributed by atoms with E-state index in [0.717, 1.165) is 41.5 Å². The maximum absolute atomic E-state index is 14.1. The Balaban J connectivity index is 1.91. The molecule has 4 amide bonds. The first kappa shape index (κ1) is 44.6. The van der Waals surface area contributed by atoms with Gasteiger partial charge in [0.2, 0.25) is 5.91 Å². The zero-order valence-corrected chi connectivity index (χ0v) is 33.9. The Bertz CT molecular complexity index is 1660. The summed E-state index contributed by atoms with van der Waals surface area (Å²) in [5.74, 6) is -1.59. The van der Waals surface area contributed by atoms with Crippen LogP contribution in [-0.4, -0.2) is 76.8 Å². The molecule has 1 aromatic heterocycles. The van der Waals surface area contributed by atoms with E-state index in [1.807, 2.05) is 102 Å². The largest absolute Gasteiger partial charge is 0.453 e. The molecule has 12 nitrogen and oxygen atoms in total. The van der Waals surface area contributed by atoms with Crippen LogP contribution in [0.4, 0.5) is 4.79 Å². The molecule has 0 unspecified atom stereocenters. The third kappa shape index (κ3) is 14.1. The van der Waals surface area contributed by atoms with Crippen LogP contribution in [0, 0.1) is 11.3 Å². The predicted octanol–water partition coefficient (Wildman–Crippen LogP) is 5.73. The van der Waals surface area contributed by atoms with E-state index in [1.54, 1.807) is 17.4 Å². The Hall–Kier alpha value is -4.81. The van der Waals surface area contributed by atoms with Crippen LogP contribution in [0.5, 0.6) is 0 Å². The SMILES string of the molecule is CCCNC(=O)[C@@H](NC(=O)[C@@](O)(CCCN(Cc1ccc(-c2ccncc2)cc1)NC(=O)[C@@H](NC(=O)OC)C(C)(C)C)Cc1ccc(CCC)cc1)C(C)C. The second kappa shape index (κ2) is 21.3. The molecule has 0 spiro atoms. The summed E-state index contributed by atoms with van der Waals surface area (Å²) >= 11 is 0. The number of hydrogen-bond acceptors (Lipinski definition) is 8. The van der Waals surface area contributed by atoms with E-state index >= 15 is 0 Å². The average molecular weight is 759 g/mol. The number of rotatable bonds is 20. The lowest BCUT2D eigenvalue weighted by atomic mass is 9.86. The van der Waals surface area contributed by atoms with Crippen molar-refractivity contribution in [2.45, 2.75) is 111 Å². The molecule has 5 N–H and O–H groups in total. The van der Waals surface area contributed by atoms with Crippen LogP contribution in [0.2, 0.25) is 0 Å². The van der Waals surface area contributed by atoms with E-state index in [4.69, 9.17) is 4.74 Å². The van der Waals surface area contributed by atoms with Gasteiger partial charge >= 0.3 is 6.09 Å². The van der Waals surface area contributed by atoms with Crippen LogP contribution in [0.1, 0.15) is 90.8 Å². The zero-order valence-electron chi connectivity index (χ0n) is 33.9. The van der Waals surface area contributed by atoms with E-state index in [1.165, 1.54) is 12.7 Å². The van der Waals surface area contributed by atoms with Crippen LogP contribution in [-0.2, 0) is 38.5 Å². The minimum atomic E-state index is -1.87. The summed E-state index contributed by atoms with van der Waals surface area (Å²) in [4.78, 5) is 57.3. The smallest absolute Gasteiger partial charge is 0.407 e. The minimum absolute atomic E-state index is 0.0323. The Labute approximate surface area is 327 Å². The standard InChI is InChI=1S/C43H62N6O6/c1-9-12-31-13-15-32(16-14-31)28-43(54,40(52)46-36(30(3)4)38(50)45-24-10-2)23-11-27-49(48-39(51)37(42(5,6)7)47-41(53)55-8)29-33-17-19-34(20-18-33)35-21-25-44-26-22-35/h13-22,25-26,30,36-37,54H,9-12,23-24,27-29H2,1-8H3,(H,45,50)(H,46,52)(H,47,53)(H,48,51)/t36-,37+,43+/m0/s1. The highest BCUT2D eigenvalue weighted by atomic mass is 16.5. The number of aryl methyl sites for hydroxylation is 1. The first-order valence-corrected chi connectivity index (χ1v) is 19.4. The van der Waals surface area contributed by atoms with Gasteiger partial charge in [0.25, 0.3) is 11.8 Å². The van der Waals surface area contributed by atoms with Gasteiger partial charge in [0, 0.05) is 38.4 Å². The third-order valence-electron chi connectivity index (χ3n) is 9.47. The summed E-state index contributed by atoms with van der Waals surface area (Å²) in [6.45, 7) is 14.3. The average Bonchev–Trinajstić information content (AvgIpc) is 3.15. The molecular formula is C43H62N6O6. The van der Waals surface area contributed by atoms with Crippen molar-refractivity contribution >= 4 is 23.8 Å². The first-order chi connectivity index (χ1) is 26.1. The fourth-order valence-corrected chi connectivity index (χ4v) is 6.28. The fourth-order valence-electron chi connectivity index (χ4n) is 6.28. The topological polar surface area (TPSA) is 162 Å². The fraction of sp³-hybridized carbons (Fsp3) is 0.512. The van der Waals surface area contributed by atoms with Crippen LogP contribution in [0.3, 0.4) is 0 Å². The molecule has 300 valence electrons. The molecule has 3 rings (SSSR count). The number of ether oxygens (including phenoxy) is 1. The number of hydrogen-bond donors (Lipinski definition) is 5. The van der Waals surface area contributed by atoms with Gasteiger partial charge in [-0.05, 0) is 77.0 Å². The maximum Gasteiger partial charge on any atom is 0.407 e. The summed E-state index contributed by atoms with van der Waals surface area (Å²) in [7, 11) is 1.24. The molecular weight excluding hydrogens is 697 g/mol. The van der Waals surface area contributed by atoms with E-state index < -0.39 is 41.0 Å². The van der Waals surface area contributed by atoms with Gasteiger partial charge in [-0.2, -0.15) is 0 Å². The lowest BCUT2D eigenvalue weighted by Crippen LogP contribution is -2.58. The molecule has 0 aliphatic rings. The number of methoxy groups -OCH3 is 1. The van der Waals surface area contributed by atoms with E-state index in [9.17, 15) is 24.3 Å². The van der Waals surface area contributed by atoms with Crippen molar-refractivity contribution in [3.63, 3.8) is 0 Å². The van der Waals surface area contributed by atoms with Crippen LogP contribution in [0.15, 0.2) is 73.1 Å². The van der Waals surface area contributed by atoms with Gasteiger partial charge in [-0.3, -0.25) is 24.8 Å². The number of hydrazine groups is 1. The number of nitrogens with zero attached hydrogens (tertiary/aromatic N) is 2. The van der Waals surface area contributed by atoms with Gasteiger partial charge in [-0.15, -0.1) is 0 Å². The van der Waals surface area contributed by atoms with Gasteiger partial charge in [0.15, 0.2) is 0 Å². The molecule has 0 aliphatic carbocycles. The van der Waals surface area contributed by atoms with Crippen LogP contribution >= 0.6 is 0 Å². The number of aromatic nitrogens is 1. The van der Waals surface area contributed by atoms with E-state index in [-0.39, 0.29) is 31.2 Å². The molecule has 0 fully saturated rings. The van der Waals surface area contributed by atoms with E-state index in [0.29, 0.717) is 19.5 Å². The monoisotopic (exact) mass is 758 g/mol. The molecule has 55 heavy (non-hydrogen) atoms. The van der Waals surface area contributed by atoms with Crippen molar-refractivity contribution in [3.05, 3.63) is 89.7 Å². The molecule has 3 atom stereocenters. The lowest BCUT2D eigenvalue weighted by Gasteiger charge is -2.34. The van der Waals surface area contributed by atoms with Gasteiger partial charge in [0.05, 0.1) is 7.11 Å². The Morgan fingerprint density at radius 1 is 0.818 bits per heavy atom. The highest BCUT2D eigenvalue weighted by Gasteiger charge is 2.39. The molecule has 12 heteroatoms. The summed E-state index contributed by atoms with van der Waals surface area (Å²) in [5.41, 5.74) is 5.37. The number of pyridine rings is 1. The Morgan fingerprint density at radius 2 is 1.42 bits per heavy atom. The molecule has 2 aromatic carbocycles. The number of alkyl carbamates (subject to hydrolysis) is 1. The highest BCUT2D eigenvalue weighted by molar-refractivity contribution is 5.91. The summed E-state index contributed by atoms with van der Waals surface area (Å²) < 4.78 is 4.80. The number of nitrogens with one attached hydrogen (secondary N) is 4. The molecule has 1 heterocycles. The lowest BCUT2D eigenvalue weighted by molar-refractivity contribution is -0.144. The van der Waals surface area contributed by atoms with Gasteiger partial charge in [-0.1, -0.05) is 103 Å². The third-order valence-corrected chi connectivity index (χ3v) is 9.47. The van der Waals surface area contributed by atoms with Crippen LogP contribution in [0.25, 0.3) is 11.1 Å². The Kier molecular flexibility index (Phi) is 17.3. The molecule has 0 radical (unpaired) electrons. The minimum Gasteiger partial charge on any atom is -0.453 e. The normalized spacial score (nSPS) is 13.7. The van der Waals surface area contributed by atoms with Crippen molar-refractivity contribution in [1.29, 1.82) is 0 Å². The second-order valence-electron chi connectivity index (χ2n) is 15.6. The van der Waals surface area contributed by atoms with Crippen molar-refractivity contribution < 1.29 is 29.0 Å². The van der Waals surface area contributed by atoms with Crippen molar-refractivity contribution in [2.24, 2.45) is 11.3 Å². The first-order valence-electron chi connectivity index (χ1n) is 19.4. The molecule has 0 saturated heterocycles. The summed E-state index contributed by atoms with van der Waals surface area (Å²) in [5, 5.41) is 22.3. The number of carbonyl (C=O) groups excluding carboxylic acids is 4.